The number of amides is 2. The average Bonchev–Trinajstić information content (AvgIpc) is 2.90. The van der Waals surface area contributed by atoms with Crippen molar-refractivity contribution in [2.75, 3.05) is 31.1 Å². The van der Waals surface area contributed by atoms with Crippen LogP contribution in [0.5, 0.6) is 0 Å². The summed E-state index contributed by atoms with van der Waals surface area (Å²) in [7, 11) is 0. The SMILES string of the molecule is O=CN1CCN(c2ccc(C(=O)NC3CCCCCC3)nn2)CC1. The number of aromatic nitrogens is 2. The molecule has 0 unspecified atom stereocenters. The van der Waals surface area contributed by atoms with Gasteiger partial charge in [0.05, 0.1) is 0 Å². The molecule has 0 bridgehead atoms. The predicted octanol–water partition coefficient (Wildman–Crippen LogP) is 1.21. The smallest absolute Gasteiger partial charge is 0.272 e. The van der Waals surface area contributed by atoms with Gasteiger partial charge in [-0.25, -0.2) is 0 Å². The van der Waals surface area contributed by atoms with Crippen molar-refractivity contribution in [2.45, 2.75) is 44.6 Å². The molecule has 7 nitrogen and oxygen atoms in total. The second kappa shape index (κ2) is 8.08. The van der Waals surface area contributed by atoms with Gasteiger partial charge in [0.25, 0.3) is 5.91 Å². The summed E-state index contributed by atoms with van der Waals surface area (Å²) in [5.41, 5.74) is 0.370. The van der Waals surface area contributed by atoms with Gasteiger partial charge < -0.3 is 15.1 Å². The average molecular weight is 331 g/mol. The minimum atomic E-state index is -0.133. The fourth-order valence-electron chi connectivity index (χ4n) is 3.35. The van der Waals surface area contributed by atoms with Crippen molar-refractivity contribution in [3.63, 3.8) is 0 Å². The van der Waals surface area contributed by atoms with E-state index < -0.39 is 0 Å². The highest BCUT2D eigenvalue weighted by Crippen LogP contribution is 2.18. The number of hydrogen-bond donors (Lipinski definition) is 1. The Bertz CT molecular complexity index is 547. The van der Waals surface area contributed by atoms with Crippen molar-refractivity contribution in [1.29, 1.82) is 0 Å². The van der Waals surface area contributed by atoms with E-state index in [2.05, 4.69) is 20.4 Å². The summed E-state index contributed by atoms with van der Waals surface area (Å²) < 4.78 is 0. The van der Waals surface area contributed by atoms with Crippen LogP contribution in [0.15, 0.2) is 12.1 Å². The molecule has 1 aliphatic heterocycles. The molecule has 7 heteroatoms. The van der Waals surface area contributed by atoms with Crippen LogP contribution in [0.2, 0.25) is 0 Å². The molecule has 1 aliphatic carbocycles. The highest BCUT2D eigenvalue weighted by atomic mass is 16.2. The number of anilines is 1. The summed E-state index contributed by atoms with van der Waals surface area (Å²) in [6.07, 6.45) is 7.88. The van der Waals surface area contributed by atoms with Gasteiger partial charge in [0.1, 0.15) is 0 Å². The topological polar surface area (TPSA) is 78.4 Å². The Labute approximate surface area is 142 Å². The molecule has 1 saturated heterocycles. The predicted molar refractivity (Wildman–Crippen MR) is 90.8 cm³/mol. The lowest BCUT2D eigenvalue weighted by molar-refractivity contribution is -0.118. The van der Waals surface area contributed by atoms with Gasteiger partial charge in [-0.3, -0.25) is 9.59 Å². The summed E-state index contributed by atoms with van der Waals surface area (Å²) in [5.74, 6) is 0.623. The molecule has 24 heavy (non-hydrogen) atoms. The molecule has 2 aliphatic rings. The first-order valence-electron chi connectivity index (χ1n) is 8.85. The molecule has 0 spiro atoms. The highest BCUT2D eigenvalue weighted by molar-refractivity contribution is 5.92. The monoisotopic (exact) mass is 331 g/mol. The Kier molecular flexibility index (Phi) is 5.61. The van der Waals surface area contributed by atoms with Crippen LogP contribution in [-0.4, -0.2) is 59.6 Å². The number of carbonyl (C=O) groups is 2. The standard InChI is InChI=1S/C17H25N5O2/c23-13-21-9-11-22(12-10-21)16-8-7-15(19-20-16)17(24)18-14-5-3-1-2-4-6-14/h7-8,13-14H,1-6,9-12H2,(H,18,24). The fourth-order valence-corrected chi connectivity index (χ4v) is 3.35. The lowest BCUT2D eigenvalue weighted by atomic mass is 10.1. The Balaban J connectivity index is 1.55. The van der Waals surface area contributed by atoms with Crippen LogP contribution in [-0.2, 0) is 4.79 Å². The highest BCUT2D eigenvalue weighted by Gasteiger charge is 2.19. The van der Waals surface area contributed by atoms with Crippen molar-refractivity contribution in [3.8, 4) is 0 Å². The van der Waals surface area contributed by atoms with Gasteiger partial charge in [0.15, 0.2) is 11.5 Å². The third-order valence-corrected chi connectivity index (χ3v) is 4.86. The first-order valence-corrected chi connectivity index (χ1v) is 8.85. The molecule has 3 rings (SSSR count). The van der Waals surface area contributed by atoms with Crippen molar-refractivity contribution in [2.24, 2.45) is 0 Å². The van der Waals surface area contributed by atoms with E-state index in [1.54, 1.807) is 11.0 Å². The number of nitrogens with one attached hydrogen (secondary N) is 1. The van der Waals surface area contributed by atoms with Gasteiger partial charge in [0.2, 0.25) is 6.41 Å². The second-order valence-corrected chi connectivity index (χ2v) is 6.57. The molecule has 1 N–H and O–H groups in total. The Morgan fingerprint density at radius 1 is 1.04 bits per heavy atom. The Morgan fingerprint density at radius 2 is 1.75 bits per heavy atom. The fraction of sp³-hybridized carbons (Fsp3) is 0.647. The molecular weight excluding hydrogens is 306 g/mol. The maximum absolute atomic E-state index is 12.3. The lowest BCUT2D eigenvalue weighted by Gasteiger charge is -2.32. The van der Waals surface area contributed by atoms with E-state index in [1.807, 2.05) is 6.07 Å². The molecular formula is C17H25N5O2. The van der Waals surface area contributed by atoms with Crippen molar-refractivity contribution in [1.82, 2.24) is 20.4 Å². The molecule has 0 radical (unpaired) electrons. The normalized spacial score (nSPS) is 19.7. The van der Waals surface area contributed by atoms with Gasteiger partial charge in [-0.2, -0.15) is 0 Å². The minimum absolute atomic E-state index is 0.133. The molecule has 1 aromatic rings. The molecule has 0 aromatic carbocycles. The number of carbonyl (C=O) groups excluding carboxylic acids is 2. The molecule has 0 atom stereocenters. The van der Waals surface area contributed by atoms with Crippen LogP contribution in [0, 0.1) is 0 Å². The lowest BCUT2D eigenvalue weighted by Crippen LogP contribution is -2.46. The quantitative estimate of drug-likeness (QED) is 0.663. The zero-order chi connectivity index (χ0) is 16.8. The van der Waals surface area contributed by atoms with Crippen LogP contribution in [0.1, 0.15) is 49.0 Å². The van der Waals surface area contributed by atoms with E-state index in [4.69, 9.17) is 0 Å². The largest absolute Gasteiger partial charge is 0.352 e. The van der Waals surface area contributed by atoms with E-state index in [0.717, 1.165) is 38.2 Å². The van der Waals surface area contributed by atoms with E-state index in [9.17, 15) is 9.59 Å². The molecule has 1 aromatic heterocycles. The summed E-state index contributed by atoms with van der Waals surface area (Å²) in [6, 6.07) is 3.84. The summed E-state index contributed by atoms with van der Waals surface area (Å²) in [6.45, 7) is 2.85. The summed E-state index contributed by atoms with van der Waals surface area (Å²) in [5, 5.41) is 11.4. The van der Waals surface area contributed by atoms with Crippen LogP contribution < -0.4 is 10.2 Å². The third kappa shape index (κ3) is 4.21. The third-order valence-electron chi connectivity index (χ3n) is 4.86. The maximum Gasteiger partial charge on any atom is 0.272 e. The van der Waals surface area contributed by atoms with Gasteiger partial charge in [0, 0.05) is 32.2 Å². The van der Waals surface area contributed by atoms with Crippen molar-refractivity contribution < 1.29 is 9.59 Å². The second-order valence-electron chi connectivity index (χ2n) is 6.57. The Morgan fingerprint density at radius 3 is 2.33 bits per heavy atom. The van der Waals surface area contributed by atoms with Gasteiger partial charge >= 0.3 is 0 Å². The van der Waals surface area contributed by atoms with Gasteiger partial charge in [-0.1, -0.05) is 25.7 Å². The number of piperazine rings is 1. The zero-order valence-corrected chi connectivity index (χ0v) is 14.0. The number of hydrogen-bond acceptors (Lipinski definition) is 5. The zero-order valence-electron chi connectivity index (χ0n) is 14.0. The van der Waals surface area contributed by atoms with E-state index in [-0.39, 0.29) is 11.9 Å². The van der Waals surface area contributed by atoms with Gasteiger partial charge in [-0.05, 0) is 25.0 Å². The van der Waals surface area contributed by atoms with E-state index in [1.165, 1.54) is 25.7 Å². The van der Waals surface area contributed by atoms with Crippen LogP contribution in [0.25, 0.3) is 0 Å². The first kappa shape index (κ1) is 16.7. The van der Waals surface area contributed by atoms with Crippen LogP contribution >= 0.6 is 0 Å². The van der Waals surface area contributed by atoms with Crippen LogP contribution in [0.4, 0.5) is 5.82 Å². The molecule has 2 heterocycles. The molecule has 2 fully saturated rings. The van der Waals surface area contributed by atoms with Crippen molar-refractivity contribution in [3.05, 3.63) is 17.8 Å². The van der Waals surface area contributed by atoms with Crippen molar-refractivity contribution >= 4 is 18.1 Å². The first-order chi connectivity index (χ1) is 11.8. The molecule has 1 saturated carbocycles. The van der Waals surface area contributed by atoms with Gasteiger partial charge in [-0.15, -0.1) is 10.2 Å². The van der Waals surface area contributed by atoms with E-state index in [0.29, 0.717) is 18.8 Å². The Hall–Kier alpha value is -2.18. The maximum atomic E-state index is 12.3. The summed E-state index contributed by atoms with van der Waals surface area (Å²) >= 11 is 0. The van der Waals surface area contributed by atoms with E-state index >= 15 is 0 Å². The minimum Gasteiger partial charge on any atom is -0.352 e. The number of nitrogens with zero attached hydrogens (tertiary/aromatic N) is 4. The summed E-state index contributed by atoms with van der Waals surface area (Å²) in [4.78, 5) is 26.9. The molecule has 130 valence electrons. The number of rotatable bonds is 4. The van der Waals surface area contributed by atoms with Crippen LogP contribution in [0.3, 0.4) is 0 Å². The molecule has 2 amide bonds.